The third-order valence-electron chi connectivity index (χ3n) is 1.87. The van der Waals surface area contributed by atoms with E-state index in [2.05, 4.69) is 9.97 Å². The summed E-state index contributed by atoms with van der Waals surface area (Å²) in [6, 6.07) is 1.97. The van der Waals surface area contributed by atoms with Gasteiger partial charge in [-0.3, -0.25) is 0 Å². The Kier molecular flexibility index (Phi) is 3.98. The highest BCUT2D eigenvalue weighted by molar-refractivity contribution is 5.10. The fraction of sp³-hybridized carbons (Fsp3) is 0.600. The first-order chi connectivity index (χ1) is 6.61. The number of ether oxygens (including phenoxy) is 1. The molecular weight excluding hydrogens is 178 g/mol. The lowest BCUT2D eigenvalue weighted by Gasteiger charge is -2.10. The molecule has 78 valence electrons. The second-order valence-corrected chi connectivity index (χ2v) is 3.47. The van der Waals surface area contributed by atoms with E-state index in [4.69, 9.17) is 10.5 Å². The molecule has 0 fully saturated rings. The number of aromatic nitrogens is 2. The van der Waals surface area contributed by atoms with E-state index >= 15 is 0 Å². The smallest absolute Gasteiger partial charge is 0.125 e. The maximum absolute atomic E-state index is 5.83. The molecule has 1 rings (SSSR count). The van der Waals surface area contributed by atoms with Crippen molar-refractivity contribution in [2.75, 3.05) is 13.7 Å². The van der Waals surface area contributed by atoms with Crippen molar-refractivity contribution in [3.8, 4) is 0 Å². The Morgan fingerprint density at radius 3 is 2.71 bits per heavy atom. The van der Waals surface area contributed by atoms with Gasteiger partial charge in [-0.15, -0.1) is 0 Å². The zero-order chi connectivity index (χ0) is 10.6. The first-order valence-corrected chi connectivity index (χ1v) is 4.67. The number of nitrogens with zero attached hydrogens (tertiary/aromatic N) is 2. The molecule has 0 aliphatic rings. The molecule has 1 heterocycles. The van der Waals surface area contributed by atoms with Crippen LogP contribution in [0.1, 0.15) is 17.2 Å². The molecule has 0 bridgehead atoms. The van der Waals surface area contributed by atoms with Crippen LogP contribution in [-0.2, 0) is 11.2 Å². The summed E-state index contributed by atoms with van der Waals surface area (Å²) in [5, 5.41) is 0. The number of nitrogens with two attached hydrogens (primary N) is 1. The van der Waals surface area contributed by atoms with Crippen LogP contribution in [0.5, 0.6) is 0 Å². The van der Waals surface area contributed by atoms with Crippen molar-refractivity contribution in [2.24, 2.45) is 5.73 Å². The van der Waals surface area contributed by atoms with E-state index in [9.17, 15) is 0 Å². The van der Waals surface area contributed by atoms with Crippen molar-refractivity contribution in [3.63, 3.8) is 0 Å². The van der Waals surface area contributed by atoms with E-state index in [0.717, 1.165) is 23.6 Å². The molecule has 0 spiro atoms. The zero-order valence-electron chi connectivity index (χ0n) is 8.95. The van der Waals surface area contributed by atoms with Crippen molar-refractivity contribution in [1.82, 2.24) is 9.97 Å². The second kappa shape index (κ2) is 5.02. The fourth-order valence-corrected chi connectivity index (χ4v) is 1.44. The van der Waals surface area contributed by atoms with E-state index in [1.807, 2.05) is 19.9 Å². The minimum absolute atomic E-state index is 0.00806. The minimum atomic E-state index is 0.00806. The van der Waals surface area contributed by atoms with Crippen LogP contribution in [0.3, 0.4) is 0 Å². The highest BCUT2D eigenvalue weighted by Gasteiger charge is 2.05. The topological polar surface area (TPSA) is 61.0 Å². The summed E-state index contributed by atoms with van der Waals surface area (Å²) >= 11 is 0. The van der Waals surface area contributed by atoms with Gasteiger partial charge in [0.1, 0.15) is 5.82 Å². The molecule has 4 heteroatoms. The van der Waals surface area contributed by atoms with E-state index in [1.54, 1.807) is 7.11 Å². The Hall–Kier alpha value is -1.00. The van der Waals surface area contributed by atoms with E-state index in [-0.39, 0.29) is 6.04 Å². The van der Waals surface area contributed by atoms with Crippen molar-refractivity contribution in [1.29, 1.82) is 0 Å². The Morgan fingerprint density at radius 1 is 1.43 bits per heavy atom. The van der Waals surface area contributed by atoms with Crippen LogP contribution in [0, 0.1) is 13.8 Å². The molecule has 14 heavy (non-hydrogen) atoms. The lowest BCUT2D eigenvalue weighted by molar-refractivity contribution is 0.179. The second-order valence-electron chi connectivity index (χ2n) is 3.47. The highest BCUT2D eigenvalue weighted by atomic mass is 16.5. The average Bonchev–Trinajstić information content (AvgIpc) is 2.01. The number of rotatable bonds is 4. The predicted octanol–water partition coefficient (Wildman–Crippen LogP) is 0.610. The van der Waals surface area contributed by atoms with Crippen LogP contribution in [0.4, 0.5) is 0 Å². The van der Waals surface area contributed by atoms with Crippen LogP contribution in [0.25, 0.3) is 0 Å². The first kappa shape index (κ1) is 11.1. The number of hydrogen-bond acceptors (Lipinski definition) is 4. The van der Waals surface area contributed by atoms with E-state index in [0.29, 0.717) is 6.61 Å². The molecule has 2 N–H and O–H groups in total. The summed E-state index contributed by atoms with van der Waals surface area (Å²) in [5.74, 6) is 0.796. The standard InChI is InChI=1S/C10H17N3O/c1-7-4-10(13-8(2)12-7)5-9(11)6-14-3/h4,9H,5-6,11H2,1-3H3. The molecule has 0 radical (unpaired) electrons. The van der Waals surface area contributed by atoms with Gasteiger partial charge in [-0.25, -0.2) is 9.97 Å². The summed E-state index contributed by atoms with van der Waals surface area (Å²) in [4.78, 5) is 8.51. The summed E-state index contributed by atoms with van der Waals surface area (Å²) < 4.78 is 4.97. The third kappa shape index (κ3) is 3.40. The lowest BCUT2D eigenvalue weighted by Crippen LogP contribution is -2.28. The molecule has 0 aliphatic carbocycles. The average molecular weight is 195 g/mol. The normalized spacial score (nSPS) is 12.9. The monoisotopic (exact) mass is 195 g/mol. The SMILES string of the molecule is COCC(N)Cc1cc(C)nc(C)n1. The Bertz CT molecular complexity index is 281. The van der Waals surface area contributed by atoms with Crippen LogP contribution in [0.15, 0.2) is 6.07 Å². The van der Waals surface area contributed by atoms with Gasteiger partial charge in [0.25, 0.3) is 0 Å². The zero-order valence-corrected chi connectivity index (χ0v) is 8.95. The molecular formula is C10H17N3O. The molecule has 0 saturated carbocycles. The van der Waals surface area contributed by atoms with Gasteiger partial charge in [0.05, 0.1) is 6.61 Å². The van der Waals surface area contributed by atoms with Gasteiger partial charge in [0.15, 0.2) is 0 Å². The quantitative estimate of drug-likeness (QED) is 0.764. The maximum atomic E-state index is 5.83. The number of hydrogen-bond donors (Lipinski definition) is 1. The molecule has 0 aliphatic heterocycles. The summed E-state index contributed by atoms with van der Waals surface area (Å²) in [5.41, 5.74) is 7.80. The number of methoxy groups -OCH3 is 1. The predicted molar refractivity (Wildman–Crippen MR) is 55.1 cm³/mol. The van der Waals surface area contributed by atoms with Gasteiger partial charge < -0.3 is 10.5 Å². The van der Waals surface area contributed by atoms with Crippen LogP contribution in [0.2, 0.25) is 0 Å². The largest absolute Gasteiger partial charge is 0.383 e. The Morgan fingerprint density at radius 2 is 2.14 bits per heavy atom. The molecule has 0 saturated heterocycles. The van der Waals surface area contributed by atoms with Crippen LogP contribution < -0.4 is 5.73 Å². The summed E-state index contributed by atoms with van der Waals surface area (Å²) in [7, 11) is 1.65. The van der Waals surface area contributed by atoms with Gasteiger partial charge in [-0.05, 0) is 19.9 Å². The van der Waals surface area contributed by atoms with Crippen molar-refractivity contribution < 1.29 is 4.74 Å². The van der Waals surface area contributed by atoms with Gasteiger partial charge in [0.2, 0.25) is 0 Å². The van der Waals surface area contributed by atoms with Crippen molar-refractivity contribution >= 4 is 0 Å². The van der Waals surface area contributed by atoms with Crippen molar-refractivity contribution in [3.05, 3.63) is 23.3 Å². The Labute approximate surface area is 84.5 Å². The Balaban J connectivity index is 2.66. The third-order valence-corrected chi connectivity index (χ3v) is 1.87. The van der Waals surface area contributed by atoms with Crippen LogP contribution >= 0.6 is 0 Å². The summed E-state index contributed by atoms with van der Waals surface area (Å²) in [6.07, 6.45) is 0.734. The lowest BCUT2D eigenvalue weighted by atomic mass is 10.1. The van der Waals surface area contributed by atoms with Gasteiger partial charge in [-0.2, -0.15) is 0 Å². The molecule has 1 atom stereocenters. The summed E-state index contributed by atoms with van der Waals surface area (Å²) in [6.45, 7) is 4.40. The van der Waals surface area contributed by atoms with Gasteiger partial charge in [0, 0.05) is 31.0 Å². The molecule has 0 aromatic carbocycles. The van der Waals surface area contributed by atoms with Gasteiger partial charge in [-0.1, -0.05) is 0 Å². The van der Waals surface area contributed by atoms with E-state index in [1.165, 1.54) is 0 Å². The molecule has 0 amide bonds. The first-order valence-electron chi connectivity index (χ1n) is 4.67. The van der Waals surface area contributed by atoms with Crippen molar-refractivity contribution in [2.45, 2.75) is 26.3 Å². The molecule has 1 unspecified atom stereocenters. The number of aryl methyl sites for hydroxylation is 2. The fourth-order valence-electron chi connectivity index (χ4n) is 1.44. The molecule has 4 nitrogen and oxygen atoms in total. The minimum Gasteiger partial charge on any atom is -0.383 e. The molecule has 1 aromatic heterocycles. The van der Waals surface area contributed by atoms with Gasteiger partial charge >= 0.3 is 0 Å². The molecule has 1 aromatic rings. The van der Waals surface area contributed by atoms with E-state index < -0.39 is 0 Å². The highest BCUT2D eigenvalue weighted by Crippen LogP contribution is 2.02. The van der Waals surface area contributed by atoms with Crippen LogP contribution in [-0.4, -0.2) is 29.7 Å². The maximum Gasteiger partial charge on any atom is 0.125 e.